The van der Waals surface area contributed by atoms with Gasteiger partial charge in [-0.25, -0.2) is 0 Å². The molecule has 1 aromatic carbocycles. The van der Waals surface area contributed by atoms with E-state index in [0.29, 0.717) is 5.75 Å². The summed E-state index contributed by atoms with van der Waals surface area (Å²) in [5, 5.41) is 0. The van der Waals surface area contributed by atoms with E-state index in [4.69, 9.17) is 0 Å². The van der Waals surface area contributed by atoms with Crippen LogP contribution >= 0.6 is 0 Å². The Balaban J connectivity index is 2.63. The van der Waals surface area contributed by atoms with Crippen molar-refractivity contribution in [3.63, 3.8) is 0 Å². The number of hydrogen-bond donors (Lipinski definition) is 0. The topological polar surface area (TPSA) is 17.1 Å². The average Bonchev–Trinajstić information content (AvgIpc) is 2.06. The standard InChI is InChI=1S/C9H8OS/c10-11-7-3-5-8-4-1-2-6-9(8)11/h1-6H,7H2. The quantitative estimate of drug-likeness (QED) is 0.571. The molecular formula is C9H8OS. The Morgan fingerprint density at radius 1 is 1.27 bits per heavy atom. The molecule has 56 valence electrons. The smallest absolute Gasteiger partial charge is 0.0574 e. The monoisotopic (exact) mass is 164 g/mol. The third-order valence-corrected chi connectivity index (χ3v) is 3.07. The van der Waals surface area contributed by atoms with E-state index in [-0.39, 0.29) is 0 Å². The van der Waals surface area contributed by atoms with Crippen molar-refractivity contribution in [1.29, 1.82) is 0 Å². The van der Waals surface area contributed by atoms with E-state index in [9.17, 15) is 4.21 Å². The van der Waals surface area contributed by atoms with Crippen LogP contribution in [-0.2, 0) is 10.8 Å². The molecule has 0 bridgehead atoms. The van der Waals surface area contributed by atoms with Crippen LogP contribution in [-0.4, -0.2) is 9.96 Å². The highest BCUT2D eigenvalue weighted by Gasteiger charge is 2.08. The summed E-state index contributed by atoms with van der Waals surface area (Å²) in [5.41, 5.74) is 1.09. The molecule has 0 saturated heterocycles. The molecule has 1 heterocycles. The summed E-state index contributed by atoms with van der Waals surface area (Å²) < 4.78 is 11.3. The van der Waals surface area contributed by atoms with Crippen molar-refractivity contribution < 1.29 is 4.21 Å². The number of hydrogen-bond acceptors (Lipinski definition) is 1. The first-order valence-corrected chi connectivity index (χ1v) is 4.84. The van der Waals surface area contributed by atoms with Gasteiger partial charge >= 0.3 is 0 Å². The van der Waals surface area contributed by atoms with E-state index in [0.717, 1.165) is 10.5 Å². The van der Waals surface area contributed by atoms with Gasteiger partial charge in [0.1, 0.15) is 0 Å². The molecule has 2 rings (SSSR count). The molecule has 0 aromatic heterocycles. The zero-order valence-electron chi connectivity index (χ0n) is 5.99. The van der Waals surface area contributed by atoms with Gasteiger partial charge in [0.2, 0.25) is 0 Å². The lowest BCUT2D eigenvalue weighted by molar-refractivity contribution is 0.684. The first kappa shape index (κ1) is 6.80. The molecule has 0 N–H and O–H groups in total. The van der Waals surface area contributed by atoms with Crippen LogP contribution in [0.1, 0.15) is 5.56 Å². The highest BCUT2D eigenvalue weighted by Crippen LogP contribution is 2.19. The van der Waals surface area contributed by atoms with Crippen LogP contribution in [0.4, 0.5) is 0 Å². The van der Waals surface area contributed by atoms with Gasteiger partial charge in [0.25, 0.3) is 0 Å². The fourth-order valence-corrected chi connectivity index (χ4v) is 2.26. The second-order valence-electron chi connectivity index (χ2n) is 2.45. The van der Waals surface area contributed by atoms with E-state index in [2.05, 4.69) is 0 Å². The Bertz CT molecular complexity index is 328. The summed E-state index contributed by atoms with van der Waals surface area (Å²) in [6.45, 7) is 0. The Morgan fingerprint density at radius 3 is 2.91 bits per heavy atom. The first-order chi connectivity index (χ1) is 5.38. The molecule has 2 heteroatoms. The van der Waals surface area contributed by atoms with Crippen molar-refractivity contribution >= 4 is 16.9 Å². The van der Waals surface area contributed by atoms with Crippen molar-refractivity contribution in [2.45, 2.75) is 4.90 Å². The van der Waals surface area contributed by atoms with Gasteiger partial charge in [0, 0.05) is 10.6 Å². The maximum absolute atomic E-state index is 11.3. The normalized spacial score (nSPS) is 21.3. The molecule has 1 aliphatic rings. The van der Waals surface area contributed by atoms with Crippen LogP contribution in [0.2, 0.25) is 0 Å². The SMILES string of the molecule is O=S1CC=Cc2ccccc21. The van der Waals surface area contributed by atoms with Gasteiger partial charge in [-0.05, 0) is 11.6 Å². The summed E-state index contributed by atoms with van der Waals surface area (Å²) in [7, 11) is -0.802. The number of benzene rings is 1. The molecule has 1 unspecified atom stereocenters. The van der Waals surface area contributed by atoms with Gasteiger partial charge in [-0.1, -0.05) is 30.4 Å². The molecular weight excluding hydrogens is 156 g/mol. The van der Waals surface area contributed by atoms with E-state index in [1.54, 1.807) is 0 Å². The summed E-state index contributed by atoms with van der Waals surface area (Å²) in [6, 6.07) is 7.80. The summed E-state index contributed by atoms with van der Waals surface area (Å²) >= 11 is 0. The molecule has 1 aromatic rings. The van der Waals surface area contributed by atoms with Crippen molar-refractivity contribution in [2.24, 2.45) is 0 Å². The van der Waals surface area contributed by atoms with Crippen molar-refractivity contribution in [3.05, 3.63) is 35.9 Å². The minimum absolute atomic E-state index is 0.664. The van der Waals surface area contributed by atoms with Gasteiger partial charge in [-0.3, -0.25) is 4.21 Å². The van der Waals surface area contributed by atoms with E-state index >= 15 is 0 Å². The fraction of sp³-hybridized carbons (Fsp3) is 0.111. The van der Waals surface area contributed by atoms with Crippen LogP contribution in [0, 0.1) is 0 Å². The molecule has 0 radical (unpaired) electrons. The van der Waals surface area contributed by atoms with Crippen molar-refractivity contribution in [3.8, 4) is 0 Å². The maximum Gasteiger partial charge on any atom is 0.0574 e. The number of rotatable bonds is 0. The zero-order chi connectivity index (χ0) is 7.68. The Kier molecular flexibility index (Phi) is 1.62. The number of fused-ring (bicyclic) bond motifs is 1. The van der Waals surface area contributed by atoms with E-state index in [1.807, 2.05) is 36.4 Å². The van der Waals surface area contributed by atoms with Crippen LogP contribution in [0.3, 0.4) is 0 Å². The first-order valence-electron chi connectivity index (χ1n) is 3.52. The van der Waals surface area contributed by atoms with Crippen molar-refractivity contribution in [2.75, 3.05) is 5.75 Å². The van der Waals surface area contributed by atoms with E-state index in [1.165, 1.54) is 0 Å². The molecule has 0 saturated carbocycles. The second-order valence-corrected chi connectivity index (χ2v) is 3.92. The molecule has 0 amide bonds. The highest BCUT2D eigenvalue weighted by atomic mass is 32.2. The van der Waals surface area contributed by atoms with Crippen molar-refractivity contribution in [1.82, 2.24) is 0 Å². The highest BCUT2D eigenvalue weighted by molar-refractivity contribution is 7.85. The molecule has 0 aliphatic carbocycles. The third kappa shape index (κ3) is 1.14. The molecule has 0 spiro atoms. The summed E-state index contributed by atoms with van der Waals surface area (Å²) in [4.78, 5) is 0.968. The molecule has 1 atom stereocenters. The van der Waals surface area contributed by atoms with Gasteiger partial charge < -0.3 is 0 Å². The minimum Gasteiger partial charge on any atom is -0.254 e. The zero-order valence-corrected chi connectivity index (χ0v) is 6.80. The largest absolute Gasteiger partial charge is 0.254 e. The third-order valence-electron chi connectivity index (χ3n) is 1.71. The molecule has 1 nitrogen and oxygen atoms in total. The predicted octanol–water partition coefficient (Wildman–Crippen LogP) is 1.82. The molecule has 0 fully saturated rings. The lowest BCUT2D eigenvalue weighted by Crippen LogP contribution is -2.01. The van der Waals surface area contributed by atoms with Gasteiger partial charge in [-0.15, -0.1) is 0 Å². The Hall–Kier alpha value is -0.890. The van der Waals surface area contributed by atoms with Crippen LogP contribution in [0.5, 0.6) is 0 Å². The van der Waals surface area contributed by atoms with Gasteiger partial charge in [0.05, 0.1) is 10.8 Å². The lowest BCUT2D eigenvalue weighted by Gasteiger charge is -2.07. The van der Waals surface area contributed by atoms with Gasteiger partial charge in [0.15, 0.2) is 0 Å². The second kappa shape index (κ2) is 2.62. The fourth-order valence-electron chi connectivity index (χ4n) is 1.18. The Morgan fingerprint density at radius 2 is 2.09 bits per heavy atom. The molecule has 1 aliphatic heterocycles. The van der Waals surface area contributed by atoms with Crippen LogP contribution < -0.4 is 0 Å². The Labute approximate surface area is 68.2 Å². The average molecular weight is 164 g/mol. The van der Waals surface area contributed by atoms with Gasteiger partial charge in [-0.2, -0.15) is 0 Å². The van der Waals surface area contributed by atoms with Crippen LogP contribution in [0.25, 0.3) is 6.08 Å². The summed E-state index contributed by atoms with van der Waals surface area (Å²) in [5.74, 6) is 0.664. The molecule has 11 heavy (non-hydrogen) atoms. The predicted molar refractivity (Wildman–Crippen MR) is 46.8 cm³/mol. The maximum atomic E-state index is 11.3. The lowest BCUT2D eigenvalue weighted by atomic mass is 10.2. The van der Waals surface area contributed by atoms with E-state index < -0.39 is 10.8 Å². The van der Waals surface area contributed by atoms with Crippen LogP contribution in [0.15, 0.2) is 35.2 Å². The minimum atomic E-state index is -0.802. The summed E-state index contributed by atoms with van der Waals surface area (Å²) in [6.07, 6.45) is 3.98.